The lowest BCUT2D eigenvalue weighted by molar-refractivity contribution is -0.137. The van der Waals surface area contributed by atoms with E-state index in [2.05, 4.69) is 22.8 Å². The maximum atomic E-state index is 13.3. The predicted octanol–water partition coefficient (Wildman–Crippen LogP) is 4.86. The molecule has 0 radical (unpaired) electrons. The average Bonchev–Trinajstić information content (AvgIpc) is 3.07. The number of nitriles is 1. The van der Waals surface area contributed by atoms with Gasteiger partial charge in [-0.15, -0.1) is 0 Å². The fourth-order valence-electron chi connectivity index (χ4n) is 3.13. The Morgan fingerprint density at radius 2 is 2.03 bits per heavy atom. The Hall–Kier alpha value is -2.96. The van der Waals surface area contributed by atoms with E-state index in [0.717, 1.165) is 12.1 Å². The van der Waals surface area contributed by atoms with Gasteiger partial charge in [0.1, 0.15) is 21.4 Å². The van der Waals surface area contributed by atoms with Crippen LogP contribution in [-0.4, -0.2) is 20.0 Å². The molecule has 154 valence electrons. The second kappa shape index (κ2) is 7.70. The smallest absolute Gasteiger partial charge is 0.389 e. The highest BCUT2D eigenvalue weighted by Gasteiger charge is 2.36. The molecule has 1 heterocycles. The van der Waals surface area contributed by atoms with Crippen molar-refractivity contribution in [2.24, 2.45) is 5.73 Å². The third-order valence-electron chi connectivity index (χ3n) is 4.65. The van der Waals surface area contributed by atoms with Gasteiger partial charge in [0.15, 0.2) is 0 Å². The number of nitrogens with two attached hydrogens (primary N) is 1. The number of benzene rings is 2. The topological polar surface area (TPSA) is 80.5 Å². The van der Waals surface area contributed by atoms with E-state index >= 15 is 0 Å². The summed E-state index contributed by atoms with van der Waals surface area (Å²) in [7, 11) is 0. The van der Waals surface area contributed by atoms with Gasteiger partial charge >= 0.3 is 6.18 Å². The molecule has 0 saturated carbocycles. The van der Waals surface area contributed by atoms with E-state index in [1.165, 1.54) is 17.8 Å². The van der Waals surface area contributed by atoms with E-state index in [4.69, 9.17) is 29.6 Å². The van der Waals surface area contributed by atoms with Crippen molar-refractivity contribution in [1.82, 2.24) is 15.0 Å². The first kappa shape index (κ1) is 21.7. The van der Waals surface area contributed by atoms with Crippen LogP contribution in [0.4, 0.5) is 13.2 Å². The summed E-state index contributed by atoms with van der Waals surface area (Å²) in [5.74, 6) is 0. The van der Waals surface area contributed by atoms with Crippen LogP contribution in [0, 0.1) is 11.3 Å². The Morgan fingerprint density at radius 1 is 1.33 bits per heavy atom. The highest BCUT2D eigenvalue weighted by Crippen LogP contribution is 2.35. The Bertz CT molecular complexity index is 1210. The molecule has 0 aliphatic heterocycles. The van der Waals surface area contributed by atoms with Crippen molar-refractivity contribution in [3.05, 3.63) is 64.2 Å². The van der Waals surface area contributed by atoms with Gasteiger partial charge in [0.05, 0.1) is 18.2 Å². The zero-order valence-corrected chi connectivity index (χ0v) is 17.2. The van der Waals surface area contributed by atoms with Crippen LogP contribution in [0.1, 0.15) is 29.2 Å². The molecule has 2 N–H and O–H groups in total. The third kappa shape index (κ3) is 4.01. The molecule has 0 saturated heterocycles. The Labute approximate surface area is 180 Å². The van der Waals surface area contributed by atoms with Crippen molar-refractivity contribution in [1.29, 1.82) is 5.26 Å². The van der Waals surface area contributed by atoms with Crippen LogP contribution in [0.15, 0.2) is 36.9 Å². The lowest BCUT2D eigenvalue weighted by atomic mass is 9.80. The highest BCUT2D eigenvalue weighted by molar-refractivity contribution is 7.80. The molecule has 1 aromatic heterocycles. The van der Waals surface area contributed by atoms with Crippen molar-refractivity contribution < 1.29 is 13.2 Å². The molecular formula is C20H15ClF3N5S. The van der Waals surface area contributed by atoms with E-state index < -0.39 is 17.2 Å². The number of hydrogen-bond acceptors (Lipinski definition) is 4. The van der Waals surface area contributed by atoms with E-state index in [-0.39, 0.29) is 22.7 Å². The first-order chi connectivity index (χ1) is 14.0. The molecular weight excluding hydrogens is 435 g/mol. The predicted molar refractivity (Wildman–Crippen MR) is 113 cm³/mol. The summed E-state index contributed by atoms with van der Waals surface area (Å²) >= 11 is 11.1. The first-order valence-electron chi connectivity index (χ1n) is 8.58. The normalized spacial score (nSPS) is 13.6. The summed E-state index contributed by atoms with van der Waals surface area (Å²) in [5, 5.41) is 19.0. The molecule has 2 aromatic carbocycles. The summed E-state index contributed by atoms with van der Waals surface area (Å²) in [6, 6.07) is 8.29. The summed E-state index contributed by atoms with van der Waals surface area (Å²) in [6.07, 6.45) is -3.03. The maximum absolute atomic E-state index is 13.3. The van der Waals surface area contributed by atoms with E-state index in [9.17, 15) is 18.4 Å². The fraction of sp³-hybridized carbons (Fsp3) is 0.200. The number of hydrogen-bond donors (Lipinski definition) is 1. The molecule has 30 heavy (non-hydrogen) atoms. The van der Waals surface area contributed by atoms with Gasteiger partial charge in [0.2, 0.25) is 0 Å². The second-order valence-corrected chi connectivity index (χ2v) is 7.74. The molecule has 3 aromatic rings. The van der Waals surface area contributed by atoms with Crippen LogP contribution in [0.5, 0.6) is 0 Å². The Morgan fingerprint density at radius 3 is 2.60 bits per heavy atom. The summed E-state index contributed by atoms with van der Waals surface area (Å²) in [5.41, 5.74) is 5.22. The summed E-state index contributed by atoms with van der Waals surface area (Å²) in [6.45, 7) is 5.06. The van der Waals surface area contributed by atoms with E-state index in [0.29, 0.717) is 21.6 Å². The van der Waals surface area contributed by atoms with Gasteiger partial charge in [-0.2, -0.15) is 33.4 Å². The average molecular weight is 450 g/mol. The SMILES string of the molecule is C=Cc1cc(Cl)cc2nn(CC(C)(C#N)c3cc(C(F)(F)F)ccc3C(N)=S)nc12. The minimum atomic E-state index is -4.59. The van der Waals surface area contributed by atoms with Crippen molar-refractivity contribution in [2.75, 3.05) is 0 Å². The highest BCUT2D eigenvalue weighted by atomic mass is 35.5. The number of fused-ring (bicyclic) bond motifs is 1. The molecule has 0 bridgehead atoms. The van der Waals surface area contributed by atoms with Gasteiger partial charge in [-0.05, 0) is 36.8 Å². The van der Waals surface area contributed by atoms with E-state index in [1.54, 1.807) is 18.2 Å². The van der Waals surface area contributed by atoms with Crippen molar-refractivity contribution in [3.63, 3.8) is 0 Å². The lowest BCUT2D eigenvalue weighted by Gasteiger charge is -2.25. The lowest BCUT2D eigenvalue weighted by Crippen LogP contribution is -2.31. The minimum Gasteiger partial charge on any atom is -0.389 e. The van der Waals surface area contributed by atoms with Crippen LogP contribution in [0.3, 0.4) is 0 Å². The molecule has 1 atom stereocenters. The number of halogens is 4. The zero-order valence-electron chi connectivity index (χ0n) is 15.7. The molecule has 0 aliphatic carbocycles. The Balaban J connectivity index is 2.15. The van der Waals surface area contributed by atoms with Crippen molar-refractivity contribution >= 4 is 45.9 Å². The standard InChI is InChI=1S/C20H15ClF3N5S/c1-3-11-6-13(21)8-16-17(11)28-29(27-16)10-19(2,9-25)15-7-12(20(22,23)24)4-5-14(15)18(26)30/h3-8H,1,10H2,2H3,(H2,26,30). The van der Waals surface area contributed by atoms with Crippen LogP contribution in [0.2, 0.25) is 5.02 Å². The van der Waals surface area contributed by atoms with Gasteiger partial charge < -0.3 is 5.73 Å². The number of thiocarbonyl (C=S) groups is 1. The molecule has 10 heteroatoms. The fourth-order valence-corrected chi connectivity index (χ4v) is 3.53. The number of nitrogens with zero attached hydrogens (tertiary/aromatic N) is 4. The van der Waals surface area contributed by atoms with Crippen LogP contribution in [-0.2, 0) is 18.1 Å². The molecule has 3 rings (SSSR count). The summed E-state index contributed by atoms with van der Waals surface area (Å²) in [4.78, 5) is 1.14. The summed E-state index contributed by atoms with van der Waals surface area (Å²) < 4.78 is 39.8. The van der Waals surface area contributed by atoms with E-state index in [1.807, 2.05) is 0 Å². The first-order valence-corrected chi connectivity index (χ1v) is 9.37. The van der Waals surface area contributed by atoms with Gasteiger partial charge in [-0.1, -0.05) is 42.5 Å². The van der Waals surface area contributed by atoms with Gasteiger partial charge in [0.25, 0.3) is 0 Å². The van der Waals surface area contributed by atoms with Crippen molar-refractivity contribution in [3.8, 4) is 6.07 Å². The van der Waals surface area contributed by atoms with Crippen LogP contribution >= 0.6 is 23.8 Å². The molecule has 0 fully saturated rings. The molecule has 0 aliphatic rings. The molecule has 1 unspecified atom stereocenters. The zero-order chi connectivity index (χ0) is 22.3. The second-order valence-electron chi connectivity index (χ2n) is 6.86. The van der Waals surface area contributed by atoms with Crippen LogP contribution in [0.25, 0.3) is 17.1 Å². The van der Waals surface area contributed by atoms with Crippen molar-refractivity contribution in [2.45, 2.75) is 25.1 Å². The number of aromatic nitrogens is 3. The van der Waals surface area contributed by atoms with Gasteiger partial charge in [-0.25, -0.2) is 0 Å². The molecule has 0 amide bonds. The van der Waals surface area contributed by atoms with Gasteiger partial charge in [0, 0.05) is 16.1 Å². The van der Waals surface area contributed by atoms with Gasteiger partial charge in [-0.3, -0.25) is 0 Å². The number of rotatable bonds is 5. The minimum absolute atomic E-state index is 0.0515. The number of alkyl halides is 3. The largest absolute Gasteiger partial charge is 0.416 e. The molecule has 5 nitrogen and oxygen atoms in total. The quantitative estimate of drug-likeness (QED) is 0.562. The monoisotopic (exact) mass is 449 g/mol. The Kier molecular flexibility index (Phi) is 5.58. The molecule has 0 spiro atoms. The maximum Gasteiger partial charge on any atom is 0.416 e. The van der Waals surface area contributed by atoms with Crippen LogP contribution < -0.4 is 5.73 Å². The third-order valence-corrected chi connectivity index (χ3v) is 5.09.